The molecule has 0 unspecified atom stereocenters. The monoisotopic (exact) mass is 304 g/mol. The van der Waals surface area contributed by atoms with E-state index in [1.807, 2.05) is 95.2 Å². The normalized spacial score (nSPS) is 5.05. The zero-order valence-corrected chi connectivity index (χ0v) is 18.4. The third-order valence-corrected chi connectivity index (χ3v) is 0.329. The van der Waals surface area contributed by atoms with Gasteiger partial charge in [-0.1, -0.05) is 120 Å². The average molecular weight is 305 g/mol. The van der Waals surface area contributed by atoms with Crippen LogP contribution in [-0.2, 0) is 0 Å². The molecule has 0 saturated carbocycles. The standard InChI is InChI=1S/C5H8.C3H8.C3H6.5C2H6/c1-3-5-4-2;2*1-3-2;5*1-2/h3-5H,1H2,2H3;3H2,1-2H3;3H,1H2,2H3;5*1-2H3/b5-4-;;;;;;;. The molecule has 0 rings (SSSR count). The Morgan fingerprint density at radius 2 is 0.762 bits per heavy atom. The Hall–Kier alpha value is -0.780. The van der Waals surface area contributed by atoms with E-state index in [2.05, 4.69) is 27.0 Å². The second-order valence-corrected chi connectivity index (χ2v) is 1.88. The van der Waals surface area contributed by atoms with E-state index in [-0.39, 0.29) is 0 Å². The van der Waals surface area contributed by atoms with Crippen molar-refractivity contribution in [2.24, 2.45) is 0 Å². The number of rotatable bonds is 1. The molecule has 0 atom stereocenters. The summed E-state index contributed by atoms with van der Waals surface area (Å²) >= 11 is 0. The van der Waals surface area contributed by atoms with Gasteiger partial charge in [-0.3, -0.25) is 0 Å². The molecule has 0 aliphatic carbocycles. The Labute approximate surface area is 141 Å². The zero-order chi connectivity index (χ0) is 19.5. The first-order valence-corrected chi connectivity index (χ1v) is 9.05. The smallest absolute Gasteiger partial charge is 0.0467 e. The van der Waals surface area contributed by atoms with E-state index in [1.165, 1.54) is 6.42 Å². The summed E-state index contributed by atoms with van der Waals surface area (Å²) in [5.74, 6) is 0. The topological polar surface area (TPSA) is 0 Å². The van der Waals surface area contributed by atoms with E-state index in [4.69, 9.17) is 0 Å². The molecule has 0 saturated heterocycles. The van der Waals surface area contributed by atoms with Gasteiger partial charge >= 0.3 is 0 Å². The van der Waals surface area contributed by atoms with Crippen LogP contribution < -0.4 is 0 Å². The van der Waals surface area contributed by atoms with Crippen molar-refractivity contribution >= 4 is 0 Å². The SMILES string of the molecule is C=C/C=C\C.C=CC.CC.CC.CC.CC.CC.CCC. The van der Waals surface area contributed by atoms with E-state index in [1.54, 1.807) is 12.2 Å². The van der Waals surface area contributed by atoms with Crippen LogP contribution in [-0.4, -0.2) is 0 Å². The lowest BCUT2D eigenvalue weighted by atomic mass is 10.5. The molecular formula is C21H52. The fraction of sp³-hybridized carbons (Fsp3) is 0.714. The molecule has 0 N–H and O–H groups in total. The van der Waals surface area contributed by atoms with Crippen molar-refractivity contribution in [3.63, 3.8) is 0 Å². The van der Waals surface area contributed by atoms with E-state index in [0.29, 0.717) is 0 Å². The minimum Gasteiger partial charge on any atom is -0.103 e. The van der Waals surface area contributed by atoms with Gasteiger partial charge in [-0.15, -0.1) is 6.58 Å². The molecule has 21 heavy (non-hydrogen) atoms. The summed E-state index contributed by atoms with van der Waals surface area (Å²) in [7, 11) is 0. The van der Waals surface area contributed by atoms with E-state index in [9.17, 15) is 0 Å². The van der Waals surface area contributed by atoms with Gasteiger partial charge in [-0.05, 0) is 13.8 Å². The number of allylic oxidation sites excluding steroid dienone is 4. The summed E-state index contributed by atoms with van der Waals surface area (Å²) in [5.41, 5.74) is 0. The molecule has 0 aliphatic heterocycles. The third kappa shape index (κ3) is 3830. The zero-order valence-electron chi connectivity index (χ0n) is 18.4. The highest BCUT2D eigenvalue weighted by Crippen LogP contribution is 1.64. The highest BCUT2D eigenvalue weighted by Gasteiger charge is 1.42. The van der Waals surface area contributed by atoms with Gasteiger partial charge in [0.1, 0.15) is 0 Å². The molecule has 0 aromatic heterocycles. The summed E-state index contributed by atoms with van der Waals surface area (Å²) in [5, 5.41) is 0. The molecule has 0 nitrogen and oxygen atoms in total. The molecule has 136 valence electrons. The Morgan fingerprint density at radius 1 is 0.619 bits per heavy atom. The summed E-state index contributed by atoms with van der Waals surface area (Å²) in [6.07, 6.45) is 8.58. The van der Waals surface area contributed by atoms with Gasteiger partial charge in [0, 0.05) is 0 Å². The molecule has 0 heterocycles. The Kier molecular flexibility index (Phi) is 853. The van der Waals surface area contributed by atoms with Gasteiger partial charge in [-0.25, -0.2) is 0 Å². The van der Waals surface area contributed by atoms with Crippen LogP contribution in [0.1, 0.15) is 103 Å². The van der Waals surface area contributed by atoms with Crippen LogP contribution in [0.25, 0.3) is 0 Å². The maximum Gasteiger partial charge on any atom is -0.0467 e. The first-order chi connectivity index (χ1) is 10.2. The molecule has 0 aromatic rings. The van der Waals surface area contributed by atoms with Crippen molar-refractivity contribution in [2.75, 3.05) is 0 Å². The van der Waals surface area contributed by atoms with Crippen molar-refractivity contribution in [1.29, 1.82) is 0 Å². The maximum absolute atomic E-state index is 3.46. The number of hydrogen-bond donors (Lipinski definition) is 0. The van der Waals surface area contributed by atoms with Gasteiger partial charge in [0.25, 0.3) is 0 Å². The van der Waals surface area contributed by atoms with Crippen LogP contribution in [0.2, 0.25) is 0 Å². The third-order valence-electron chi connectivity index (χ3n) is 0.329. The van der Waals surface area contributed by atoms with Gasteiger partial charge in [0.05, 0.1) is 0 Å². The van der Waals surface area contributed by atoms with Gasteiger partial charge < -0.3 is 0 Å². The molecular weight excluding hydrogens is 252 g/mol. The lowest BCUT2D eigenvalue weighted by Gasteiger charge is -1.56. The van der Waals surface area contributed by atoms with Crippen molar-refractivity contribution in [2.45, 2.75) is 103 Å². The molecule has 0 heteroatoms. The van der Waals surface area contributed by atoms with Crippen LogP contribution in [0.3, 0.4) is 0 Å². The van der Waals surface area contributed by atoms with E-state index >= 15 is 0 Å². The van der Waals surface area contributed by atoms with Crippen LogP contribution in [0.5, 0.6) is 0 Å². The maximum atomic E-state index is 3.46. The molecule has 0 aromatic carbocycles. The lowest BCUT2D eigenvalue weighted by Crippen LogP contribution is -1.33. The second-order valence-electron chi connectivity index (χ2n) is 1.88. The van der Waals surface area contributed by atoms with Crippen molar-refractivity contribution in [1.82, 2.24) is 0 Å². The highest BCUT2D eigenvalue weighted by molar-refractivity contribution is 4.94. The first kappa shape index (κ1) is 50.0. The molecule has 0 amide bonds. The molecule has 0 bridgehead atoms. The van der Waals surface area contributed by atoms with Gasteiger partial charge in [0.15, 0.2) is 0 Å². The minimum absolute atomic E-state index is 1.25. The van der Waals surface area contributed by atoms with Crippen LogP contribution >= 0.6 is 0 Å². The van der Waals surface area contributed by atoms with E-state index < -0.39 is 0 Å². The Bertz CT molecular complexity index is 78.0. The van der Waals surface area contributed by atoms with Crippen LogP contribution in [0.15, 0.2) is 37.5 Å². The quantitative estimate of drug-likeness (QED) is 0.334. The number of hydrogen-bond acceptors (Lipinski definition) is 0. The molecule has 0 fully saturated rings. The van der Waals surface area contributed by atoms with Gasteiger partial charge in [-0.2, -0.15) is 0 Å². The van der Waals surface area contributed by atoms with Crippen molar-refractivity contribution in [3.8, 4) is 0 Å². The Morgan fingerprint density at radius 3 is 0.762 bits per heavy atom. The summed E-state index contributed by atoms with van der Waals surface area (Å²) in [6.45, 7) is 34.9. The van der Waals surface area contributed by atoms with E-state index in [0.717, 1.165) is 0 Å². The minimum atomic E-state index is 1.25. The summed E-state index contributed by atoms with van der Waals surface area (Å²) in [4.78, 5) is 0. The van der Waals surface area contributed by atoms with Crippen LogP contribution in [0, 0.1) is 0 Å². The molecule has 0 radical (unpaired) electrons. The van der Waals surface area contributed by atoms with Gasteiger partial charge in [0.2, 0.25) is 0 Å². The molecule has 0 aliphatic rings. The summed E-state index contributed by atoms with van der Waals surface area (Å²) in [6, 6.07) is 0. The average Bonchev–Trinajstić information content (AvgIpc) is 2.59. The van der Waals surface area contributed by atoms with Crippen LogP contribution in [0.4, 0.5) is 0 Å². The van der Waals surface area contributed by atoms with Crippen molar-refractivity contribution in [3.05, 3.63) is 37.5 Å². The summed E-state index contributed by atoms with van der Waals surface area (Å²) < 4.78 is 0. The lowest BCUT2D eigenvalue weighted by molar-refractivity contribution is 1.09. The fourth-order valence-electron chi connectivity index (χ4n) is 0.136. The molecule has 0 spiro atoms. The highest BCUT2D eigenvalue weighted by atomic mass is 13.5. The second kappa shape index (κ2) is 358. The van der Waals surface area contributed by atoms with Crippen molar-refractivity contribution < 1.29 is 0 Å². The fourth-order valence-corrected chi connectivity index (χ4v) is 0.136. The predicted molar refractivity (Wildman–Crippen MR) is 114 cm³/mol. The first-order valence-electron chi connectivity index (χ1n) is 9.05. The Balaban J connectivity index is -0.0000000159. The predicted octanol–water partition coefficient (Wildman–Crippen LogP) is 9.49. The largest absolute Gasteiger partial charge is 0.103 e.